The number of aromatic nitrogens is 2. The fourth-order valence-electron chi connectivity index (χ4n) is 2.11. The summed E-state index contributed by atoms with van der Waals surface area (Å²) in [5.41, 5.74) is -0.0446. The van der Waals surface area contributed by atoms with Gasteiger partial charge in [0.2, 0.25) is 11.8 Å². The summed E-state index contributed by atoms with van der Waals surface area (Å²) in [4.78, 5) is 33.9. The van der Waals surface area contributed by atoms with Crippen molar-refractivity contribution in [3.63, 3.8) is 0 Å². The Kier molecular flexibility index (Phi) is 3.78. The van der Waals surface area contributed by atoms with Crippen LogP contribution in [0.2, 0.25) is 0 Å². The number of amides is 2. The Bertz CT molecular complexity index is 477. The van der Waals surface area contributed by atoms with Crippen molar-refractivity contribution in [2.75, 3.05) is 6.54 Å². The van der Waals surface area contributed by atoms with E-state index in [-0.39, 0.29) is 11.8 Å². The minimum absolute atomic E-state index is 0.0561. The third kappa shape index (κ3) is 2.89. The summed E-state index contributed by atoms with van der Waals surface area (Å²) in [6.07, 6.45) is 4.00. The summed E-state index contributed by atoms with van der Waals surface area (Å²) < 4.78 is 0. The Hall–Kier alpha value is -1.98. The van der Waals surface area contributed by atoms with Crippen LogP contribution < -0.4 is 5.32 Å². The van der Waals surface area contributed by atoms with Crippen molar-refractivity contribution in [1.82, 2.24) is 20.2 Å². The molecule has 1 aliphatic rings. The van der Waals surface area contributed by atoms with Gasteiger partial charge in [-0.05, 0) is 19.4 Å². The summed E-state index contributed by atoms with van der Waals surface area (Å²) in [5.74, 6) is -0.137. The quantitative estimate of drug-likeness (QED) is 0.860. The molecule has 6 nitrogen and oxygen atoms in total. The van der Waals surface area contributed by atoms with Gasteiger partial charge in [-0.25, -0.2) is 9.97 Å². The molecule has 0 aromatic carbocycles. The van der Waals surface area contributed by atoms with Gasteiger partial charge in [0.15, 0.2) is 0 Å². The van der Waals surface area contributed by atoms with Gasteiger partial charge in [-0.3, -0.25) is 9.59 Å². The van der Waals surface area contributed by atoms with E-state index in [4.69, 9.17) is 0 Å². The van der Waals surface area contributed by atoms with Crippen LogP contribution in [0.15, 0.2) is 18.6 Å². The van der Waals surface area contributed by atoms with Crippen LogP contribution in [0.1, 0.15) is 32.4 Å². The number of nitrogens with one attached hydrogen (secondary N) is 1. The van der Waals surface area contributed by atoms with Gasteiger partial charge in [-0.1, -0.05) is 6.92 Å². The predicted octanol–water partition coefficient (Wildman–Crippen LogP) is 0.494. The van der Waals surface area contributed by atoms with Gasteiger partial charge < -0.3 is 10.2 Å². The standard InChI is InChI=1S/C13H18N4O2/c1-3-13(2)12(19)17(7-5-11(18)16-13)8-10-4-6-14-9-15-10/h4,6,9H,3,5,7-8H2,1-2H3,(H,16,18). The molecule has 1 atom stereocenters. The fraction of sp³-hybridized carbons (Fsp3) is 0.538. The Balaban J connectivity index is 2.20. The van der Waals surface area contributed by atoms with Crippen molar-refractivity contribution in [2.45, 2.75) is 38.8 Å². The zero-order chi connectivity index (χ0) is 13.9. The zero-order valence-corrected chi connectivity index (χ0v) is 11.2. The maximum Gasteiger partial charge on any atom is 0.248 e. The molecule has 1 saturated heterocycles. The van der Waals surface area contributed by atoms with E-state index in [2.05, 4.69) is 15.3 Å². The summed E-state index contributed by atoms with van der Waals surface area (Å²) in [5, 5.41) is 2.81. The van der Waals surface area contributed by atoms with Gasteiger partial charge in [-0.2, -0.15) is 0 Å². The molecule has 2 heterocycles. The topological polar surface area (TPSA) is 75.2 Å². The van der Waals surface area contributed by atoms with Crippen LogP contribution in [-0.2, 0) is 16.1 Å². The highest BCUT2D eigenvalue weighted by Gasteiger charge is 2.39. The molecule has 1 aliphatic heterocycles. The maximum atomic E-state index is 12.5. The zero-order valence-electron chi connectivity index (χ0n) is 11.2. The molecule has 1 N–H and O–H groups in total. The predicted molar refractivity (Wildman–Crippen MR) is 68.9 cm³/mol. The summed E-state index contributed by atoms with van der Waals surface area (Å²) in [6, 6.07) is 1.77. The first-order chi connectivity index (χ1) is 9.05. The van der Waals surface area contributed by atoms with Crippen LogP contribution in [0.25, 0.3) is 0 Å². The van der Waals surface area contributed by atoms with Gasteiger partial charge >= 0.3 is 0 Å². The molecule has 2 rings (SSSR count). The Morgan fingerprint density at radius 2 is 2.26 bits per heavy atom. The summed E-state index contributed by atoms with van der Waals surface area (Å²) in [6.45, 7) is 4.49. The monoisotopic (exact) mass is 262 g/mol. The highest BCUT2D eigenvalue weighted by atomic mass is 16.2. The van der Waals surface area contributed by atoms with Crippen molar-refractivity contribution >= 4 is 11.8 Å². The third-order valence-electron chi connectivity index (χ3n) is 3.49. The smallest absolute Gasteiger partial charge is 0.248 e. The van der Waals surface area contributed by atoms with Crippen molar-refractivity contribution in [3.05, 3.63) is 24.3 Å². The van der Waals surface area contributed by atoms with E-state index >= 15 is 0 Å². The van der Waals surface area contributed by atoms with Crippen LogP contribution in [0.5, 0.6) is 0 Å². The van der Waals surface area contributed by atoms with E-state index < -0.39 is 5.54 Å². The van der Waals surface area contributed by atoms with E-state index in [1.54, 1.807) is 24.1 Å². The number of nitrogens with zero attached hydrogens (tertiary/aromatic N) is 3. The molecular weight excluding hydrogens is 244 g/mol. The Labute approximate surface area is 112 Å². The average molecular weight is 262 g/mol. The molecule has 0 saturated carbocycles. The van der Waals surface area contributed by atoms with Crippen molar-refractivity contribution in [2.24, 2.45) is 0 Å². The van der Waals surface area contributed by atoms with Crippen molar-refractivity contribution in [3.8, 4) is 0 Å². The molecule has 2 amide bonds. The van der Waals surface area contributed by atoms with Gasteiger partial charge in [0, 0.05) is 19.2 Å². The first-order valence-electron chi connectivity index (χ1n) is 6.40. The molecule has 1 unspecified atom stereocenters. The van der Waals surface area contributed by atoms with Crippen LogP contribution in [0.3, 0.4) is 0 Å². The van der Waals surface area contributed by atoms with Crippen LogP contribution in [0, 0.1) is 0 Å². The molecule has 6 heteroatoms. The van der Waals surface area contributed by atoms with Gasteiger partial charge in [-0.15, -0.1) is 0 Å². The molecule has 0 aliphatic carbocycles. The normalized spacial score (nSPS) is 24.0. The van der Waals surface area contributed by atoms with E-state index in [9.17, 15) is 9.59 Å². The number of hydrogen-bond acceptors (Lipinski definition) is 4. The molecule has 1 aromatic heterocycles. The Morgan fingerprint density at radius 1 is 1.47 bits per heavy atom. The molecule has 0 spiro atoms. The van der Waals surface area contributed by atoms with E-state index in [1.165, 1.54) is 6.33 Å². The van der Waals surface area contributed by atoms with Gasteiger partial charge in [0.05, 0.1) is 12.2 Å². The van der Waals surface area contributed by atoms with Gasteiger partial charge in [0.25, 0.3) is 0 Å². The molecule has 19 heavy (non-hydrogen) atoms. The fourth-order valence-corrected chi connectivity index (χ4v) is 2.11. The minimum atomic E-state index is -0.819. The van der Waals surface area contributed by atoms with Crippen molar-refractivity contribution in [1.29, 1.82) is 0 Å². The van der Waals surface area contributed by atoms with Crippen molar-refractivity contribution < 1.29 is 9.59 Å². The molecule has 0 radical (unpaired) electrons. The number of carbonyl (C=O) groups is 2. The van der Waals surface area contributed by atoms with Crippen LogP contribution >= 0.6 is 0 Å². The largest absolute Gasteiger partial charge is 0.342 e. The second kappa shape index (κ2) is 5.34. The molecular formula is C13H18N4O2. The number of carbonyl (C=O) groups excluding carboxylic acids is 2. The maximum absolute atomic E-state index is 12.5. The molecule has 1 fully saturated rings. The second-order valence-electron chi connectivity index (χ2n) is 4.91. The lowest BCUT2D eigenvalue weighted by Gasteiger charge is -2.31. The minimum Gasteiger partial charge on any atom is -0.342 e. The lowest BCUT2D eigenvalue weighted by Crippen LogP contribution is -2.54. The van der Waals surface area contributed by atoms with Gasteiger partial charge in [0.1, 0.15) is 11.9 Å². The molecule has 1 aromatic rings. The second-order valence-corrected chi connectivity index (χ2v) is 4.91. The van der Waals surface area contributed by atoms with E-state index in [1.807, 2.05) is 6.92 Å². The first-order valence-corrected chi connectivity index (χ1v) is 6.40. The highest BCUT2D eigenvalue weighted by Crippen LogP contribution is 2.18. The highest BCUT2D eigenvalue weighted by molar-refractivity contribution is 5.93. The van der Waals surface area contributed by atoms with Crippen LogP contribution in [0.4, 0.5) is 0 Å². The average Bonchev–Trinajstić information content (AvgIpc) is 2.52. The Morgan fingerprint density at radius 3 is 2.89 bits per heavy atom. The third-order valence-corrected chi connectivity index (χ3v) is 3.49. The number of rotatable bonds is 3. The lowest BCUT2D eigenvalue weighted by molar-refractivity contribution is -0.138. The SMILES string of the molecule is CCC1(C)NC(=O)CCN(Cc2ccncn2)C1=O. The van der Waals surface area contributed by atoms with Crippen LogP contribution in [-0.4, -0.2) is 38.8 Å². The lowest BCUT2D eigenvalue weighted by atomic mass is 9.97. The van der Waals surface area contributed by atoms with E-state index in [0.717, 1.165) is 5.69 Å². The summed E-state index contributed by atoms with van der Waals surface area (Å²) >= 11 is 0. The first kappa shape index (κ1) is 13.5. The van der Waals surface area contributed by atoms with E-state index in [0.29, 0.717) is 25.9 Å². The number of hydrogen-bond donors (Lipinski definition) is 1. The summed E-state index contributed by atoms with van der Waals surface area (Å²) in [7, 11) is 0. The molecule has 0 bridgehead atoms. The molecule has 102 valence electrons.